The Morgan fingerprint density at radius 2 is 2.05 bits per heavy atom. The molecular weight excluding hydrogens is 266 g/mol. The highest BCUT2D eigenvalue weighted by Gasteiger charge is 2.37. The van der Waals surface area contributed by atoms with E-state index in [0.29, 0.717) is 6.07 Å². The number of aliphatic carboxylic acids is 1. The fourth-order valence-electron chi connectivity index (χ4n) is 2.20. The average Bonchev–Trinajstić information content (AvgIpc) is 2.77. The van der Waals surface area contributed by atoms with Crippen molar-refractivity contribution in [3.05, 3.63) is 35.1 Å². The lowest BCUT2D eigenvalue weighted by Gasteiger charge is -2.15. The number of benzene rings is 1. The number of nitrogens with one attached hydrogen (secondary N) is 1. The van der Waals surface area contributed by atoms with Crippen molar-refractivity contribution in [3.63, 3.8) is 0 Å². The van der Waals surface area contributed by atoms with Crippen LogP contribution in [0.3, 0.4) is 0 Å². The largest absolute Gasteiger partial charge is 0.481 e. The van der Waals surface area contributed by atoms with Crippen molar-refractivity contribution in [1.82, 2.24) is 5.32 Å². The van der Waals surface area contributed by atoms with Gasteiger partial charge >= 0.3 is 12.1 Å². The molecule has 0 saturated carbocycles. The zero-order valence-corrected chi connectivity index (χ0v) is 9.67. The number of halogens is 4. The number of carbonyl (C=O) groups is 1. The highest BCUT2D eigenvalue weighted by molar-refractivity contribution is 5.70. The van der Waals surface area contributed by atoms with Crippen molar-refractivity contribution < 1.29 is 27.5 Å². The summed E-state index contributed by atoms with van der Waals surface area (Å²) >= 11 is 0. The maximum atomic E-state index is 13.8. The molecule has 1 aliphatic heterocycles. The van der Waals surface area contributed by atoms with Crippen molar-refractivity contribution >= 4 is 5.97 Å². The predicted octanol–water partition coefficient (Wildman–Crippen LogP) is 2.58. The summed E-state index contributed by atoms with van der Waals surface area (Å²) in [6, 6.07) is 2.33. The first-order valence-corrected chi connectivity index (χ1v) is 5.62. The molecular formula is C12H11F4NO2. The van der Waals surface area contributed by atoms with Crippen LogP contribution in [-0.2, 0) is 11.0 Å². The molecule has 104 valence electrons. The number of carboxylic acids is 1. The fraction of sp³-hybridized carbons (Fsp3) is 0.417. The Labute approximate surface area is 106 Å². The average molecular weight is 277 g/mol. The Morgan fingerprint density at radius 3 is 2.58 bits per heavy atom. The second-order valence-corrected chi connectivity index (χ2v) is 4.44. The van der Waals surface area contributed by atoms with Crippen molar-refractivity contribution in [2.24, 2.45) is 5.92 Å². The predicted molar refractivity (Wildman–Crippen MR) is 57.9 cm³/mol. The molecule has 1 aromatic carbocycles. The Bertz CT molecular complexity index is 501. The highest BCUT2D eigenvalue weighted by Crippen LogP contribution is 2.36. The summed E-state index contributed by atoms with van der Waals surface area (Å²) in [5.74, 6) is -3.08. The smallest absolute Gasteiger partial charge is 0.419 e. The molecule has 0 bridgehead atoms. The second-order valence-electron chi connectivity index (χ2n) is 4.44. The van der Waals surface area contributed by atoms with E-state index in [1.807, 2.05) is 0 Å². The monoisotopic (exact) mass is 277 g/mol. The van der Waals surface area contributed by atoms with E-state index in [1.165, 1.54) is 6.07 Å². The molecule has 19 heavy (non-hydrogen) atoms. The van der Waals surface area contributed by atoms with E-state index in [1.54, 1.807) is 0 Å². The van der Waals surface area contributed by atoms with E-state index in [0.717, 1.165) is 6.07 Å². The Balaban J connectivity index is 2.30. The molecule has 7 heteroatoms. The van der Waals surface area contributed by atoms with Gasteiger partial charge in [0.05, 0.1) is 11.5 Å². The first kappa shape index (κ1) is 13.8. The van der Waals surface area contributed by atoms with Gasteiger partial charge in [-0.1, -0.05) is 12.1 Å². The minimum absolute atomic E-state index is 0.0769. The van der Waals surface area contributed by atoms with Crippen LogP contribution in [0.15, 0.2) is 18.2 Å². The third-order valence-electron chi connectivity index (χ3n) is 3.19. The molecule has 1 heterocycles. The molecule has 1 fully saturated rings. The SMILES string of the molecule is O=C(O)C1CNC(c2cccc(C(F)(F)F)c2F)C1. The van der Waals surface area contributed by atoms with Crippen molar-refractivity contribution in [2.45, 2.75) is 18.6 Å². The minimum Gasteiger partial charge on any atom is -0.481 e. The molecule has 2 rings (SSSR count). The molecule has 0 amide bonds. The van der Waals surface area contributed by atoms with Crippen LogP contribution in [0, 0.1) is 11.7 Å². The van der Waals surface area contributed by atoms with Crippen molar-refractivity contribution in [1.29, 1.82) is 0 Å². The number of hydrogen-bond donors (Lipinski definition) is 2. The fourth-order valence-corrected chi connectivity index (χ4v) is 2.20. The Morgan fingerprint density at radius 1 is 1.37 bits per heavy atom. The third-order valence-corrected chi connectivity index (χ3v) is 3.19. The molecule has 0 aromatic heterocycles. The van der Waals surface area contributed by atoms with Crippen molar-refractivity contribution in [3.8, 4) is 0 Å². The number of alkyl halides is 3. The van der Waals surface area contributed by atoms with Gasteiger partial charge in [-0.2, -0.15) is 13.2 Å². The topological polar surface area (TPSA) is 49.3 Å². The summed E-state index contributed by atoms with van der Waals surface area (Å²) in [5, 5.41) is 11.6. The van der Waals surface area contributed by atoms with Gasteiger partial charge in [0.15, 0.2) is 0 Å². The zero-order valence-electron chi connectivity index (χ0n) is 9.67. The van der Waals surface area contributed by atoms with E-state index in [2.05, 4.69) is 5.32 Å². The van der Waals surface area contributed by atoms with Crippen LogP contribution in [0.4, 0.5) is 17.6 Å². The molecule has 1 aromatic rings. The standard InChI is InChI=1S/C12H11F4NO2/c13-10-7(2-1-3-8(10)12(14,15)16)9-4-6(5-17-9)11(18)19/h1-3,6,9,17H,4-5H2,(H,18,19). The summed E-state index contributed by atoms with van der Waals surface area (Å²) in [4.78, 5) is 10.8. The maximum Gasteiger partial charge on any atom is 0.419 e. The van der Waals surface area contributed by atoms with E-state index in [-0.39, 0.29) is 18.5 Å². The lowest BCUT2D eigenvalue weighted by molar-refractivity contribution is -0.141. The number of rotatable bonds is 2. The quantitative estimate of drug-likeness (QED) is 0.817. The van der Waals surface area contributed by atoms with Gasteiger partial charge in [0, 0.05) is 18.2 Å². The second kappa shape index (κ2) is 4.80. The van der Waals surface area contributed by atoms with E-state index < -0.39 is 35.5 Å². The summed E-state index contributed by atoms with van der Waals surface area (Å²) in [5.41, 5.74) is -1.47. The van der Waals surface area contributed by atoms with Gasteiger partial charge in [0.2, 0.25) is 0 Å². The summed E-state index contributed by atoms with van der Waals surface area (Å²) < 4.78 is 51.5. The highest BCUT2D eigenvalue weighted by atomic mass is 19.4. The molecule has 2 N–H and O–H groups in total. The number of carboxylic acid groups (broad SMARTS) is 1. The van der Waals surface area contributed by atoms with Gasteiger partial charge in [-0.05, 0) is 12.5 Å². The maximum absolute atomic E-state index is 13.8. The molecule has 1 saturated heterocycles. The summed E-state index contributed by atoms with van der Waals surface area (Å²) in [6.45, 7) is 0.121. The van der Waals surface area contributed by atoms with Gasteiger partial charge in [0.25, 0.3) is 0 Å². The molecule has 0 spiro atoms. The molecule has 1 aliphatic rings. The third kappa shape index (κ3) is 2.70. The number of hydrogen-bond acceptors (Lipinski definition) is 2. The molecule has 0 aliphatic carbocycles. The van der Waals surface area contributed by atoms with Gasteiger partial charge in [-0.15, -0.1) is 0 Å². The van der Waals surface area contributed by atoms with E-state index >= 15 is 0 Å². The van der Waals surface area contributed by atoms with Crippen LogP contribution in [0.5, 0.6) is 0 Å². The normalized spacial score (nSPS) is 23.6. The van der Waals surface area contributed by atoms with Crippen LogP contribution < -0.4 is 5.32 Å². The van der Waals surface area contributed by atoms with Gasteiger partial charge in [-0.25, -0.2) is 4.39 Å². The van der Waals surface area contributed by atoms with Crippen LogP contribution >= 0.6 is 0 Å². The first-order chi connectivity index (χ1) is 8.80. The van der Waals surface area contributed by atoms with Crippen LogP contribution in [0.25, 0.3) is 0 Å². The van der Waals surface area contributed by atoms with Crippen molar-refractivity contribution in [2.75, 3.05) is 6.54 Å². The van der Waals surface area contributed by atoms with Gasteiger partial charge < -0.3 is 10.4 Å². The van der Waals surface area contributed by atoms with Gasteiger partial charge in [0.1, 0.15) is 5.82 Å². The summed E-state index contributed by atoms with van der Waals surface area (Å²) in [7, 11) is 0. The molecule has 3 nitrogen and oxygen atoms in total. The molecule has 2 unspecified atom stereocenters. The van der Waals surface area contributed by atoms with Gasteiger partial charge in [-0.3, -0.25) is 4.79 Å². The molecule has 2 atom stereocenters. The Hall–Kier alpha value is -1.63. The lowest BCUT2D eigenvalue weighted by atomic mass is 9.98. The molecule has 0 radical (unpaired) electrons. The van der Waals surface area contributed by atoms with Crippen LogP contribution in [0.2, 0.25) is 0 Å². The summed E-state index contributed by atoms with van der Waals surface area (Å²) in [6.07, 6.45) is -4.68. The first-order valence-electron chi connectivity index (χ1n) is 5.62. The van der Waals surface area contributed by atoms with E-state index in [4.69, 9.17) is 5.11 Å². The zero-order chi connectivity index (χ0) is 14.2. The lowest BCUT2D eigenvalue weighted by Crippen LogP contribution is -2.18. The minimum atomic E-state index is -4.76. The van der Waals surface area contributed by atoms with E-state index in [9.17, 15) is 22.4 Å². The Kier molecular flexibility index (Phi) is 3.49. The van der Waals surface area contributed by atoms with Crippen LogP contribution in [-0.4, -0.2) is 17.6 Å². The van der Waals surface area contributed by atoms with Crippen LogP contribution in [0.1, 0.15) is 23.6 Å².